The fraction of sp³-hybridized carbons (Fsp3) is 1.00. The van der Waals surface area contributed by atoms with Crippen LogP contribution in [0.5, 0.6) is 0 Å². The zero-order valence-electron chi connectivity index (χ0n) is 7.85. The highest BCUT2D eigenvalue weighted by Crippen LogP contribution is 2.10. The number of likely N-dealkylation sites (N-methyl/N-ethyl adjacent to an activating group) is 1. The maximum atomic E-state index is 9.73. The second-order valence-electron chi connectivity index (χ2n) is 3.02. The number of nitrogens with one attached hydrogen (secondary N) is 1. The van der Waals surface area contributed by atoms with E-state index in [0.29, 0.717) is 6.54 Å². The predicted octanol–water partition coefficient (Wildman–Crippen LogP) is 0.382. The Hall–Kier alpha value is -0.120. The van der Waals surface area contributed by atoms with Crippen molar-refractivity contribution in [2.24, 2.45) is 0 Å². The molecule has 0 aromatic carbocycles. The first-order valence-corrected chi connectivity index (χ1v) is 4.00. The zero-order chi connectivity index (χ0) is 8.91. The molecule has 0 heterocycles. The van der Waals surface area contributed by atoms with Gasteiger partial charge in [0.1, 0.15) is 5.60 Å². The summed E-state index contributed by atoms with van der Waals surface area (Å²) in [5.41, 5.74) is -0.773. The number of methoxy groups -OCH3 is 1. The van der Waals surface area contributed by atoms with Crippen LogP contribution in [0.2, 0.25) is 0 Å². The lowest BCUT2D eigenvalue weighted by Gasteiger charge is -2.29. The predicted molar refractivity (Wildman–Crippen MR) is 45.6 cm³/mol. The van der Waals surface area contributed by atoms with Crippen molar-refractivity contribution in [1.29, 1.82) is 0 Å². The highest BCUT2D eigenvalue weighted by molar-refractivity contribution is 4.81. The Morgan fingerprint density at radius 3 is 2.55 bits per heavy atom. The van der Waals surface area contributed by atoms with Gasteiger partial charge in [-0.05, 0) is 20.4 Å². The lowest BCUT2D eigenvalue weighted by Crippen LogP contribution is -2.47. The van der Waals surface area contributed by atoms with Crippen molar-refractivity contribution in [2.75, 3.05) is 20.2 Å². The van der Waals surface area contributed by atoms with Gasteiger partial charge in [-0.15, -0.1) is 0 Å². The summed E-state index contributed by atoms with van der Waals surface area (Å²) in [6.45, 7) is 7.07. The maximum Gasteiger partial charge on any atom is 0.100 e. The van der Waals surface area contributed by atoms with Gasteiger partial charge in [-0.25, -0.2) is 0 Å². The van der Waals surface area contributed by atoms with Crippen LogP contribution in [0, 0.1) is 0 Å². The van der Waals surface area contributed by atoms with E-state index in [2.05, 4.69) is 5.32 Å². The summed E-state index contributed by atoms with van der Waals surface area (Å²) in [7, 11) is 1.60. The van der Waals surface area contributed by atoms with Gasteiger partial charge in [0.2, 0.25) is 0 Å². The quantitative estimate of drug-likeness (QED) is 0.612. The summed E-state index contributed by atoms with van der Waals surface area (Å²) in [5, 5.41) is 12.8. The van der Waals surface area contributed by atoms with Crippen LogP contribution >= 0.6 is 0 Å². The molecule has 11 heavy (non-hydrogen) atoms. The van der Waals surface area contributed by atoms with Crippen molar-refractivity contribution in [2.45, 2.75) is 32.5 Å². The average Bonchev–Trinajstić information content (AvgIpc) is 1.99. The largest absolute Gasteiger partial charge is 0.386 e. The van der Waals surface area contributed by atoms with Crippen LogP contribution in [0.4, 0.5) is 0 Å². The van der Waals surface area contributed by atoms with Gasteiger partial charge in [0, 0.05) is 13.7 Å². The minimum atomic E-state index is -0.773. The summed E-state index contributed by atoms with van der Waals surface area (Å²) in [4.78, 5) is 0. The van der Waals surface area contributed by atoms with Gasteiger partial charge in [-0.1, -0.05) is 6.92 Å². The van der Waals surface area contributed by atoms with Crippen molar-refractivity contribution in [3.05, 3.63) is 0 Å². The summed E-state index contributed by atoms with van der Waals surface area (Å²) in [5.74, 6) is 0. The zero-order valence-corrected chi connectivity index (χ0v) is 7.85. The Balaban J connectivity index is 3.77. The molecule has 0 fully saturated rings. The molecule has 3 nitrogen and oxygen atoms in total. The molecule has 0 bridgehead atoms. The van der Waals surface area contributed by atoms with Gasteiger partial charge in [-0.2, -0.15) is 0 Å². The Bertz CT molecular complexity index is 104. The Labute approximate surface area is 68.8 Å². The first kappa shape index (κ1) is 10.9. The molecule has 0 saturated carbocycles. The van der Waals surface area contributed by atoms with Gasteiger partial charge in [-0.3, -0.25) is 0 Å². The van der Waals surface area contributed by atoms with E-state index in [1.54, 1.807) is 14.0 Å². The maximum absolute atomic E-state index is 9.73. The summed E-state index contributed by atoms with van der Waals surface area (Å²) in [6.07, 6.45) is -0.137. The molecule has 0 spiro atoms. The molecule has 68 valence electrons. The van der Waals surface area contributed by atoms with Gasteiger partial charge in [0.15, 0.2) is 0 Å². The standard InChI is InChI=1S/C8H19NO2/c1-5-9-6-8(3,10)7(2)11-4/h7,9-10H,5-6H2,1-4H3. The molecule has 0 aliphatic heterocycles. The van der Waals surface area contributed by atoms with Crippen molar-refractivity contribution in [3.8, 4) is 0 Å². The van der Waals surface area contributed by atoms with E-state index < -0.39 is 5.60 Å². The number of rotatable bonds is 5. The van der Waals surface area contributed by atoms with Crippen molar-refractivity contribution < 1.29 is 9.84 Å². The molecule has 0 saturated heterocycles. The van der Waals surface area contributed by atoms with Crippen LogP contribution in [0.1, 0.15) is 20.8 Å². The molecule has 0 aromatic rings. The highest BCUT2D eigenvalue weighted by Gasteiger charge is 2.27. The molecular formula is C8H19NO2. The Morgan fingerprint density at radius 1 is 1.64 bits per heavy atom. The number of hydrogen-bond acceptors (Lipinski definition) is 3. The van der Waals surface area contributed by atoms with Gasteiger partial charge >= 0.3 is 0 Å². The molecule has 0 aliphatic carbocycles. The number of hydrogen-bond donors (Lipinski definition) is 2. The topological polar surface area (TPSA) is 41.5 Å². The third kappa shape index (κ3) is 3.70. The molecular weight excluding hydrogens is 142 g/mol. The molecule has 0 radical (unpaired) electrons. The third-order valence-electron chi connectivity index (χ3n) is 1.96. The lowest BCUT2D eigenvalue weighted by molar-refractivity contribution is -0.0701. The van der Waals surface area contributed by atoms with Crippen LogP contribution < -0.4 is 5.32 Å². The fourth-order valence-corrected chi connectivity index (χ4v) is 0.776. The SMILES string of the molecule is CCNCC(C)(O)C(C)OC. The van der Waals surface area contributed by atoms with Gasteiger partial charge in [0.05, 0.1) is 6.10 Å². The van der Waals surface area contributed by atoms with Crippen LogP contribution in [0.15, 0.2) is 0 Å². The summed E-state index contributed by atoms with van der Waals surface area (Å²) in [6, 6.07) is 0. The number of aliphatic hydroxyl groups is 1. The van der Waals surface area contributed by atoms with E-state index in [-0.39, 0.29) is 6.10 Å². The summed E-state index contributed by atoms with van der Waals surface area (Å²) >= 11 is 0. The second-order valence-corrected chi connectivity index (χ2v) is 3.02. The molecule has 0 aromatic heterocycles. The van der Waals surface area contributed by atoms with Crippen LogP contribution in [0.3, 0.4) is 0 Å². The molecule has 0 aliphatic rings. The van der Waals surface area contributed by atoms with E-state index in [0.717, 1.165) is 6.54 Å². The normalized spacial score (nSPS) is 19.4. The van der Waals surface area contributed by atoms with E-state index in [1.807, 2.05) is 13.8 Å². The monoisotopic (exact) mass is 161 g/mol. The van der Waals surface area contributed by atoms with Gasteiger partial charge in [0.25, 0.3) is 0 Å². The minimum Gasteiger partial charge on any atom is -0.386 e. The molecule has 2 atom stereocenters. The van der Waals surface area contributed by atoms with Gasteiger partial charge < -0.3 is 15.2 Å². The van der Waals surface area contributed by atoms with Crippen LogP contribution in [0.25, 0.3) is 0 Å². The molecule has 3 heteroatoms. The molecule has 2 unspecified atom stereocenters. The Morgan fingerprint density at radius 2 is 2.18 bits per heavy atom. The van der Waals surface area contributed by atoms with Crippen LogP contribution in [-0.4, -0.2) is 37.0 Å². The second kappa shape index (κ2) is 4.70. The highest BCUT2D eigenvalue weighted by atomic mass is 16.5. The van der Waals surface area contributed by atoms with Crippen LogP contribution in [-0.2, 0) is 4.74 Å². The first-order chi connectivity index (χ1) is 5.04. The summed E-state index contributed by atoms with van der Waals surface area (Å²) < 4.78 is 5.02. The van der Waals surface area contributed by atoms with Crippen molar-refractivity contribution in [1.82, 2.24) is 5.32 Å². The molecule has 0 amide bonds. The molecule has 0 rings (SSSR count). The van der Waals surface area contributed by atoms with E-state index in [1.165, 1.54) is 0 Å². The molecule has 2 N–H and O–H groups in total. The average molecular weight is 161 g/mol. The van der Waals surface area contributed by atoms with E-state index in [9.17, 15) is 5.11 Å². The minimum absolute atomic E-state index is 0.137. The smallest absolute Gasteiger partial charge is 0.100 e. The van der Waals surface area contributed by atoms with E-state index >= 15 is 0 Å². The Kier molecular flexibility index (Phi) is 4.65. The third-order valence-corrected chi connectivity index (χ3v) is 1.96. The van der Waals surface area contributed by atoms with Crippen molar-refractivity contribution in [3.63, 3.8) is 0 Å². The number of ether oxygens (including phenoxy) is 1. The van der Waals surface area contributed by atoms with E-state index in [4.69, 9.17) is 4.74 Å². The first-order valence-electron chi connectivity index (χ1n) is 4.00. The van der Waals surface area contributed by atoms with Crippen molar-refractivity contribution >= 4 is 0 Å². The fourth-order valence-electron chi connectivity index (χ4n) is 0.776. The lowest BCUT2D eigenvalue weighted by atomic mass is 10.0.